The number of nitrogens with one attached hydrogen (secondary N) is 2. The molecule has 0 spiro atoms. The lowest BCUT2D eigenvalue weighted by molar-refractivity contribution is -0.0264. The van der Waals surface area contributed by atoms with Gasteiger partial charge in [0, 0.05) is 12.6 Å². The van der Waals surface area contributed by atoms with E-state index in [4.69, 9.17) is 9.84 Å². The Morgan fingerprint density at radius 3 is 2.70 bits per heavy atom. The van der Waals surface area contributed by atoms with Gasteiger partial charge in [-0.3, -0.25) is 0 Å². The Morgan fingerprint density at radius 1 is 1.25 bits per heavy atom. The Hall–Kier alpha value is -1.59. The fraction of sp³-hybridized carbons (Fsp3) is 0.533. The number of rotatable bonds is 8. The maximum absolute atomic E-state index is 10.2. The highest BCUT2D eigenvalue weighted by Crippen LogP contribution is 2.24. The van der Waals surface area contributed by atoms with Gasteiger partial charge in [0.25, 0.3) is 0 Å². The molecule has 0 heterocycles. The predicted molar refractivity (Wildman–Crippen MR) is 76.7 cm³/mol. The summed E-state index contributed by atoms with van der Waals surface area (Å²) in [7, 11) is 0. The number of benzene rings is 1. The highest BCUT2D eigenvalue weighted by atomic mass is 16.5. The minimum Gasteiger partial charge on any atom is -0.465 e. The van der Waals surface area contributed by atoms with Gasteiger partial charge in [0.05, 0.1) is 12.7 Å². The SMILES string of the molecule is O=C(O)NCCCN[C@H]1C[C@H](OCc2ccccc2)C1. The lowest BCUT2D eigenvalue weighted by Crippen LogP contribution is -2.46. The van der Waals surface area contributed by atoms with E-state index >= 15 is 0 Å². The molecule has 110 valence electrons. The van der Waals surface area contributed by atoms with E-state index in [1.807, 2.05) is 18.2 Å². The predicted octanol–water partition coefficient (Wildman–Crippen LogP) is 1.98. The maximum atomic E-state index is 10.2. The summed E-state index contributed by atoms with van der Waals surface area (Å²) < 4.78 is 5.82. The Labute approximate surface area is 119 Å². The van der Waals surface area contributed by atoms with Crippen LogP contribution < -0.4 is 10.6 Å². The van der Waals surface area contributed by atoms with Gasteiger partial charge >= 0.3 is 6.09 Å². The summed E-state index contributed by atoms with van der Waals surface area (Å²) in [5.41, 5.74) is 1.21. The fourth-order valence-corrected chi connectivity index (χ4v) is 2.25. The minimum absolute atomic E-state index is 0.352. The summed E-state index contributed by atoms with van der Waals surface area (Å²) in [6.07, 6.45) is 2.30. The molecule has 0 radical (unpaired) electrons. The summed E-state index contributed by atoms with van der Waals surface area (Å²) in [5.74, 6) is 0. The van der Waals surface area contributed by atoms with Gasteiger partial charge in [-0.1, -0.05) is 30.3 Å². The number of ether oxygens (including phenoxy) is 1. The van der Waals surface area contributed by atoms with E-state index in [-0.39, 0.29) is 0 Å². The Balaban J connectivity index is 1.47. The zero-order chi connectivity index (χ0) is 14.2. The van der Waals surface area contributed by atoms with Crippen molar-refractivity contribution in [1.29, 1.82) is 0 Å². The Morgan fingerprint density at radius 2 is 2.00 bits per heavy atom. The van der Waals surface area contributed by atoms with Gasteiger partial charge in [0.15, 0.2) is 0 Å². The van der Waals surface area contributed by atoms with Crippen molar-refractivity contribution in [2.75, 3.05) is 13.1 Å². The van der Waals surface area contributed by atoms with E-state index in [2.05, 4.69) is 22.8 Å². The van der Waals surface area contributed by atoms with Crippen LogP contribution in [0.5, 0.6) is 0 Å². The van der Waals surface area contributed by atoms with Crippen molar-refractivity contribution in [1.82, 2.24) is 10.6 Å². The topological polar surface area (TPSA) is 70.6 Å². The average Bonchev–Trinajstić information content (AvgIpc) is 2.40. The molecule has 2 rings (SSSR count). The van der Waals surface area contributed by atoms with Crippen molar-refractivity contribution in [2.45, 2.75) is 38.0 Å². The molecule has 0 atom stereocenters. The van der Waals surface area contributed by atoms with E-state index < -0.39 is 6.09 Å². The van der Waals surface area contributed by atoms with Gasteiger partial charge < -0.3 is 20.5 Å². The van der Waals surface area contributed by atoms with Crippen molar-refractivity contribution in [3.63, 3.8) is 0 Å². The second kappa shape index (κ2) is 7.87. The lowest BCUT2D eigenvalue weighted by atomic mass is 9.89. The molecule has 1 amide bonds. The molecular weight excluding hydrogens is 256 g/mol. The van der Waals surface area contributed by atoms with E-state index in [0.717, 1.165) is 25.8 Å². The summed E-state index contributed by atoms with van der Waals surface area (Å²) in [4.78, 5) is 10.2. The first-order chi connectivity index (χ1) is 9.74. The standard InChI is InChI=1S/C15H22N2O3/c18-15(19)17-8-4-7-16-13-9-14(10-13)20-11-12-5-2-1-3-6-12/h1-3,5-6,13-14,16-17H,4,7-11H2,(H,18,19)/t13-,14-. The van der Waals surface area contributed by atoms with Crippen LogP contribution in [-0.4, -0.2) is 36.4 Å². The third kappa shape index (κ3) is 5.19. The molecule has 20 heavy (non-hydrogen) atoms. The van der Waals surface area contributed by atoms with Crippen LogP contribution >= 0.6 is 0 Å². The number of carbonyl (C=O) groups is 1. The molecule has 0 unspecified atom stereocenters. The van der Waals surface area contributed by atoms with Crippen LogP contribution in [0.2, 0.25) is 0 Å². The molecule has 1 fully saturated rings. The molecule has 1 aliphatic rings. The van der Waals surface area contributed by atoms with Crippen LogP contribution in [0.1, 0.15) is 24.8 Å². The number of hydrogen-bond donors (Lipinski definition) is 3. The summed E-state index contributed by atoms with van der Waals surface area (Å²) in [5, 5.41) is 14.2. The van der Waals surface area contributed by atoms with Gasteiger partial charge in [-0.15, -0.1) is 0 Å². The van der Waals surface area contributed by atoms with Crippen LogP contribution in [0, 0.1) is 0 Å². The maximum Gasteiger partial charge on any atom is 0.404 e. The lowest BCUT2D eigenvalue weighted by Gasteiger charge is -2.35. The molecule has 0 saturated heterocycles. The van der Waals surface area contributed by atoms with Gasteiger partial charge in [-0.25, -0.2) is 4.79 Å². The first-order valence-corrected chi connectivity index (χ1v) is 7.10. The highest BCUT2D eigenvalue weighted by molar-refractivity contribution is 5.64. The van der Waals surface area contributed by atoms with Crippen molar-refractivity contribution in [3.05, 3.63) is 35.9 Å². The third-order valence-corrected chi connectivity index (χ3v) is 3.49. The van der Waals surface area contributed by atoms with Gasteiger partial charge in [-0.05, 0) is 31.4 Å². The van der Waals surface area contributed by atoms with Crippen LogP contribution in [-0.2, 0) is 11.3 Å². The van der Waals surface area contributed by atoms with Crippen LogP contribution in [0.25, 0.3) is 0 Å². The largest absolute Gasteiger partial charge is 0.465 e. The molecule has 0 aliphatic heterocycles. The van der Waals surface area contributed by atoms with Crippen molar-refractivity contribution in [3.8, 4) is 0 Å². The van der Waals surface area contributed by atoms with Crippen LogP contribution in [0.4, 0.5) is 4.79 Å². The van der Waals surface area contributed by atoms with E-state index in [9.17, 15) is 4.79 Å². The van der Waals surface area contributed by atoms with Gasteiger partial charge in [-0.2, -0.15) is 0 Å². The molecule has 1 aromatic carbocycles. The van der Waals surface area contributed by atoms with Crippen LogP contribution in [0.3, 0.4) is 0 Å². The van der Waals surface area contributed by atoms with Crippen LogP contribution in [0.15, 0.2) is 30.3 Å². The molecule has 0 bridgehead atoms. The molecule has 1 aromatic rings. The molecule has 5 heteroatoms. The van der Waals surface area contributed by atoms with Crippen molar-refractivity contribution >= 4 is 6.09 Å². The van der Waals surface area contributed by atoms with Crippen molar-refractivity contribution < 1.29 is 14.6 Å². The van der Waals surface area contributed by atoms with Gasteiger partial charge in [0.2, 0.25) is 0 Å². The summed E-state index contributed by atoms with van der Waals surface area (Å²) in [6.45, 7) is 2.03. The quantitative estimate of drug-likeness (QED) is 0.636. The summed E-state index contributed by atoms with van der Waals surface area (Å²) in [6, 6.07) is 10.7. The smallest absolute Gasteiger partial charge is 0.404 e. The second-order valence-electron chi connectivity index (χ2n) is 5.13. The number of amides is 1. The molecular formula is C15H22N2O3. The van der Waals surface area contributed by atoms with Crippen molar-refractivity contribution in [2.24, 2.45) is 0 Å². The molecule has 0 aromatic heterocycles. The monoisotopic (exact) mass is 278 g/mol. The zero-order valence-corrected chi connectivity index (χ0v) is 11.5. The average molecular weight is 278 g/mol. The number of carboxylic acid groups (broad SMARTS) is 1. The van der Waals surface area contributed by atoms with E-state index in [1.54, 1.807) is 0 Å². The van der Waals surface area contributed by atoms with E-state index in [1.165, 1.54) is 5.56 Å². The first-order valence-electron chi connectivity index (χ1n) is 7.10. The molecule has 1 saturated carbocycles. The highest BCUT2D eigenvalue weighted by Gasteiger charge is 2.29. The molecule has 1 aliphatic carbocycles. The fourth-order valence-electron chi connectivity index (χ4n) is 2.25. The Kier molecular flexibility index (Phi) is 5.83. The third-order valence-electron chi connectivity index (χ3n) is 3.49. The number of hydrogen-bond acceptors (Lipinski definition) is 3. The van der Waals surface area contributed by atoms with E-state index in [0.29, 0.717) is 25.3 Å². The molecule has 3 N–H and O–H groups in total. The first kappa shape index (κ1) is 14.8. The minimum atomic E-state index is -0.956. The normalized spacial score (nSPS) is 21.2. The Bertz CT molecular complexity index is 405. The molecule has 5 nitrogen and oxygen atoms in total. The second-order valence-corrected chi connectivity index (χ2v) is 5.13. The summed E-state index contributed by atoms with van der Waals surface area (Å²) >= 11 is 0. The zero-order valence-electron chi connectivity index (χ0n) is 11.5. The van der Waals surface area contributed by atoms with Gasteiger partial charge in [0.1, 0.15) is 0 Å².